The fourth-order valence-electron chi connectivity index (χ4n) is 2.52. The number of rotatable bonds is 4. The third-order valence-electron chi connectivity index (χ3n) is 3.37. The second-order valence-electron chi connectivity index (χ2n) is 6.75. The fourth-order valence-corrected chi connectivity index (χ4v) is 2.52. The summed E-state index contributed by atoms with van der Waals surface area (Å²) in [7, 11) is 1.88. The summed E-state index contributed by atoms with van der Waals surface area (Å²) < 4.78 is 0. The van der Waals surface area contributed by atoms with Crippen LogP contribution >= 0.6 is 0 Å². The van der Waals surface area contributed by atoms with Crippen LogP contribution in [0.1, 0.15) is 26.3 Å². The summed E-state index contributed by atoms with van der Waals surface area (Å²) in [5, 5.41) is 15.2. The van der Waals surface area contributed by atoms with E-state index in [4.69, 9.17) is 0 Å². The third-order valence-corrected chi connectivity index (χ3v) is 3.37. The average molecular weight is 300 g/mol. The van der Waals surface area contributed by atoms with E-state index in [1.54, 1.807) is 6.07 Å². The van der Waals surface area contributed by atoms with Crippen LogP contribution in [0, 0.1) is 0 Å². The highest BCUT2D eigenvalue weighted by Gasteiger charge is 2.16. The monoisotopic (exact) mass is 300 g/mol. The van der Waals surface area contributed by atoms with Crippen molar-refractivity contribution < 1.29 is 9.90 Å². The van der Waals surface area contributed by atoms with Gasteiger partial charge in [0.1, 0.15) is 5.75 Å². The first-order valence-corrected chi connectivity index (χ1v) is 7.45. The lowest BCUT2D eigenvalue weighted by Gasteiger charge is -2.23. The average Bonchev–Trinajstić information content (AvgIpc) is 2.39. The van der Waals surface area contributed by atoms with Crippen LogP contribution in [0.4, 0.5) is 0 Å². The predicted octanol–water partition coefficient (Wildman–Crippen LogP) is 2.89. The van der Waals surface area contributed by atoms with Gasteiger partial charge in [0.15, 0.2) is 0 Å². The van der Waals surface area contributed by atoms with E-state index >= 15 is 0 Å². The summed E-state index contributed by atoms with van der Waals surface area (Å²) in [6.45, 7) is 6.69. The Labute approximate surface area is 131 Å². The van der Waals surface area contributed by atoms with Crippen LogP contribution in [0.25, 0.3) is 10.8 Å². The van der Waals surface area contributed by atoms with Gasteiger partial charge in [0, 0.05) is 17.6 Å². The molecule has 2 aromatic rings. The first-order valence-electron chi connectivity index (χ1n) is 7.45. The summed E-state index contributed by atoms with van der Waals surface area (Å²) in [5.41, 5.74) is 0.614. The summed E-state index contributed by atoms with van der Waals surface area (Å²) >= 11 is 0. The lowest BCUT2D eigenvalue weighted by Crippen LogP contribution is -2.45. The highest BCUT2D eigenvalue weighted by Crippen LogP contribution is 2.27. The minimum absolute atomic E-state index is 0.0188. The van der Waals surface area contributed by atoms with Crippen LogP contribution < -0.4 is 5.32 Å². The van der Waals surface area contributed by atoms with Crippen LogP contribution in [-0.4, -0.2) is 35.0 Å². The molecule has 0 bridgehead atoms. The number of fused-ring (bicyclic) bond motifs is 1. The van der Waals surface area contributed by atoms with Gasteiger partial charge in [-0.05, 0) is 44.7 Å². The topological polar surface area (TPSA) is 52.6 Å². The second-order valence-corrected chi connectivity index (χ2v) is 6.75. The number of benzene rings is 2. The molecule has 0 atom stereocenters. The van der Waals surface area contributed by atoms with Gasteiger partial charge in [0.25, 0.3) is 0 Å². The third kappa shape index (κ3) is 4.21. The van der Waals surface area contributed by atoms with Gasteiger partial charge in [-0.25, -0.2) is 0 Å². The van der Waals surface area contributed by atoms with Gasteiger partial charge in [-0.3, -0.25) is 9.69 Å². The van der Waals surface area contributed by atoms with Gasteiger partial charge in [-0.1, -0.05) is 30.3 Å². The molecule has 0 unspecified atom stereocenters. The van der Waals surface area contributed by atoms with E-state index in [2.05, 4.69) is 5.32 Å². The summed E-state index contributed by atoms with van der Waals surface area (Å²) in [4.78, 5) is 13.9. The number of nitrogens with zero attached hydrogens (tertiary/aromatic N) is 1. The maximum absolute atomic E-state index is 12.0. The van der Waals surface area contributed by atoms with Crippen LogP contribution in [0.15, 0.2) is 36.4 Å². The smallest absolute Gasteiger partial charge is 0.234 e. The number of phenols is 1. The molecule has 22 heavy (non-hydrogen) atoms. The number of amides is 1. The molecule has 0 saturated heterocycles. The molecule has 0 aromatic heterocycles. The standard InChI is InChI=1S/C18H24N2O2/c1-18(2,3)19-17(22)12-20(4)11-15-14-8-6-5-7-13(14)9-10-16(15)21/h5-10,21H,11-12H2,1-4H3,(H,19,22). The molecule has 4 heteroatoms. The van der Waals surface area contributed by atoms with Crippen molar-refractivity contribution in [3.05, 3.63) is 42.0 Å². The van der Waals surface area contributed by atoms with Gasteiger partial charge in [0.05, 0.1) is 6.54 Å². The Hall–Kier alpha value is -2.07. The molecule has 4 nitrogen and oxygen atoms in total. The van der Waals surface area contributed by atoms with Crippen LogP contribution in [0.2, 0.25) is 0 Å². The van der Waals surface area contributed by atoms with E-state index in [0.717, 1.165) is 16.3 Å². The number of carbonyl (C=O) groups is 1. The van der Waals surface area contributed by atoms with Crippen molar-refractivity contribution in [2.45, 2.75) is 32.9 Å². The maximum Gasteiger partial charge on any atom is 0.234 e. The molecule has 1 amide bonds. The Kier molecular flexibility index (Phi) is 4.71. The zero-order valence-electron chi connectivity index (χ0n) is 13.7. The Morgan fingerprint density at radius 2 is 1.86 bits per heavy atom. The minimum atomic E-state index is -0.237. The van der Waals surface area contributed by atoms with E-state index in [-0.39, 0.29) is 17.2 Å². The van der Waals surface area contributed by atoms with E-state index in [1.807, 2.05) is 63.1 Å². The molecule has 0 heterocycles. The quantitative estimate of drug-likeness (QED) is 0.913. The molecule has 0 spiro atoms. The van der Waals surface area contributed by atoms with Gasteiger partial charge >= 0.3 is 0 Å². The molecule has 0 saturated carbocycles. The number of hydrogen-bond donors (Lipinski definition) is 2. The molecule has 0 aliphatic rings. The minimum Gasteiger partial charge on any atom is -0.508 e. The molecule has 0 fully saturated rings. The van der Waals surface area contributed by atoms with Crippen molar-refractivity contribution in [3.8, 4) is 5.75 Å². The molecular formula is C18H24N2O2. The van der Waals surface area contributed by atoms with Crippen molar-refractivity contribution >= 4 is 16.7 Å². The maximum atomic E-state index is 12.0. The number of hydrogen-bond acceptors (Lipinski definition) is 3. The van der Waals surface area contributed by atoms with E-state index in [1.165, 1.54) is 0 Å². The fraction of sp³-hybridized carbons (Fsp3) is 0.389. The molecule has 0 aliphatic heterocycles. The van der Waals surface area contributed by atoms with Crippen molar-refractivity contribution in [1.82, 2.24) is 10.2 Å². The van der Waals surface area contributed by atoms with Gasteiger partial charge in [-0.2, -0.15) is 0 Å². The molecule has 0 radical (unpaired) electrons. The number of likely N-dealkylation sites (N-methyl/N-ethyl adjacent to an activating group) is 1. The molecule has 118 valence electrons. The molecular weight excluding hydrogens is 276 g/mol. The summed E-state index contributed by atoms with van der Waals surface area (Å²) in [6, 6.07) is 11.6. The normalized spacial score (nSPS) is 11.9. The van der Waals surface area contributed by atoms with Crippen molar-refractivity contribution in [2.24, 2.45) is 0 Å². The first kappa shape index (κ1) is 16.3. The number of phenolic OH excluding ortho intramolecular Hbond substituents is 1. The summed E-state index contributed by atoms with van der Waals surface area (Å²) in [6.07, 6.45) is 0. The van der Waals surface area contributed by atoms with Gasteiger partial charge in [0.2, 0.25) is 5.91 Å². The largest absolute Gasteiger partial charge is 0.508 e. The zero-order chi connectivity index (χ0) is 16.3. The molecule has 2 aromatic carbocycles. The molecule has 2 rings (SSSR count). The van der Waals surface area contributed by atoms with Gasteiger partial charge in [-0.15, -0.1) is 0 Å². The predicted molar refractivity (Wildman–Crippen MR) is 89.8 cm³/mol. The Morgan fingerprint density at radius 1 is 1.18 bits per heavy atom. The van der Waals surface area contributed by atoms with Crippen LogP contribution in [0.3, 0.4) is 0 Å². The van der Waals surface area contributed by atoms with Crippen molar-refractivity contribution in [2.75, 3.05) is 13.6 Å². The van der Waals surface area contributed by atoms with E-state index in [9.17, 15) is 9.90 Å². The SMILES string of the molecule is CN(CC(=O)NC(C)(C)C)Cc1c(O)ccc2ccccc12. The van der Waals surface area contributed by atoms with Crippen molar-refractivity contribution in [1.29, 1.82) is 0 Å². The van der Waals surface area contributed by atoms with Crippen molar-refractivity contribution in [3.63, 3.8) is 0 Å². The zero-order valence-corrected chi connectivity index (χ0v) is 13.7. The first-order chi connectivity index (χ1) is 10.3. The highest BCUT2D eigenvalue weighted by molar-refractivity contribution is 5.87. The molecule has 2 N–H and O–H groups in total. The van der Waals surface area contributed by atoms with Crippen LogP contribution in [0.5, 0.6) is 5.75 Å². The van der Waals surface area contributed by atoms with E-state index in [0.29, 0.717) is 13.1 Å². The highest BCUT2D eigenvalue weighted by atomic mass is 16.3. The van der Waals surface area contributed by atoms with E-state index < -0.39 is 0 Å². The number of carbonyl (C=O) groups excluding carboxylic acids is 1. The Balaban J connectivity index is 2.13. The number of aromatic hydroxyl groups is 1. The molecule has 0 aliphatic carbocycles. The Morgan fingerprint density at radius 3 is 2.55 bits per heavy atom. The lowest BCUT2D eigenvalue weighted by molar-refractivity contribution is -0.123. The number of nitrogens with one attached hydrogen (secondary N) is 1. The Bertz CT molecular complexity index is 674. The van der Waals surface area contributed by atoms with Crippen LogP contribution in [-0.2, 0) is 11.3 Å². The lowest BCUT2D eigenvalue weighted by atomic mass is 10.0. The summed E-state index contributed by atoms with van der Waals surface area (Å²) in [5.74, 6) is 0.247. The van der Waals surface area contributed by atoms with Gasteiger partial charge < -0.3 is 10.4 Å². The second kappa shape index (κ2) is 6.36.